The summed E-state index contributed by atoms with van der Waals surface area (Å²) in [7, 11) is 0. The van der Waals surface area contributed by atoms with E-state index >= 15 is 0 Å². The molecule has 0 saturated heterocycles. The minimum Gasteiger partial charge on any atom is -0.118 e. The quantitative estimate of drug-likeness (QED) is 0.456. The van der Waals surface area contributed by atoms with Crippen LogP contribution >= 0.6 is 11.6 Å². The van der Waals surface area contributed by atoms with Gasteiger partial charge in [-0.15, -0.1) is 11.6 Å². The smallest absolute Gasteiger partial charge is 0.0574 e. The van der Waals surface area contributed by atoms with Crippen LogP contribution in [0.1, 0.15) is 26.2 Å². The van der Waals surface area contributed by atoms with Crippen LogP contribution in [0.3, 0.4) is 0 Å². The molecular weight excluding hydrogens is 132 g/mol. The molecule has 3 saturated carbocycles. The van der Waals surface area contributed by atoms with Crippen LogP contribution in [0.15, 0.2) is 0 Å². The van der Waals surface area contributed by atoms with E-state index in [2.05, 4.69) is 6.92 Å². The fourth-order valence-corrected chi connectivity index (χ4v) is 4.20. The van der Waals surface area contributed by atoms with Crippen molar-refractivity contribution in [2.24, 2.45) is 17.3 Å². The summed E-state index contributed by atoms with van der Waals surface area (Å²) in [4.78, 5) is 0.339. The minimum absolute atomic E-state index is 0.339. The van der Waals surface area contributed by atoms with Crippen LogP contribution in [0.4, 0.5) is 0 Å². The Bertz CT molecular complexity index is 157. The number of rotatable bonds is 0. The van der Waals surface area contributed by atoms with Crippen LogP contribution in [0, 0.1) is 17.3 Å². The molecular formula is C8H11Cl. The maximum Gasteiger partial charge on any atom is 0.0574 e. The highest BCUT2D eigenvalue weighted by Crippen LogP contribution is 2.94. The van der Waals surface area contributed by atoms with Crippen molar-refractivity contribution in [3.63, 3.8) is 0 Å². The predicted molar refractivity (Wildman–Crippen MR) is 37.5 cm³/mol. The molecule has 3 aliphatic rings. The lowest BCUT2D eigenvalue weighted by Crippen LogP contribution is -2.18. The first-order valence-electron chi connectivity index (χ1n) is 3.91. The number of hydrogen-bond acceptors (Lipinski definition) is 0. The van der Waals surface area contributed by atoms with Crippen molar-refractivity contribution >= 4 is 11.6 Å². The van der Waals surface area contributed by atoms with Crippen LogP contribution < -0.4 is 0 Å². The van der Waals surface area contributed by atoms with Gasteiger partial charge in [0, 0.05) is 0 Å². The molecule has 1 heteroatoms. The van der Waals surface area contributed by atoms with Crippen LogP contribution in [0.2, 0.25) is 0 Å². The molecule has 0 radical (unpaired) electrons. The number of hydrogen-bond donors (Lipinski definition) is 0. The van der Waals surface area contributed by atoms with Gasteiger partial charge in [0.2, 0.25) is 0 Å². The molecule has 0 heterocycles. The third-order valence-corrected chi connectivity index (χ3v) is 5.04. The van der Waals surface area contributed by atoms with E-state index in [-0.39, 0.29) is 0 Å². The molecule has 0 nitrogen and oxygen atoms in total. The second-order valence-electron chi connectivity index (χ2n) is 4.09. The molecule has 2 atom stereocenters. The van der Waals surface area contributed by atoms with Gasteiger partial charge in [-0.05, 0) is 30.1 Å². The minimum atomic E-state index is 0.339. The Kier molecular flexibility index (Phi) is 0.541. The maximum absolute atomic E-state index is 6.32. The highest BCUT2D eigenvalue weighted by Gasteiger charge is 2.94. The Morgan fingerprint density at radius 1 is 1.33 bits per heavy atom. The normalized spacial score (nSPS) is 75.3. The lowest BCUT2D eigenvalue weighted by atomic mass is 9.83. The first-order chi connectivity index (χ1) is 4.22. The summed E-state index contributed by atoms with van der Waals surface area (Å²) in [6.07, 6.45) is 4.27. The third-order valence-electron chi connectivity index (χ3n) is 4.11. The maximum atomic E-state index is 6.32. The van der Waals surface area contributed by atoms with Gasteiger partial charge in [-0.25, -0.2) is 0 Å². The summed E-state index contributed by atoms with van der Waals surface area (Å²) in [6, 6.07) is 0. The Morgan fingerprint density at radius 2 is 1.78 bits per heavy atom. The topological polar surface area (TPSA) is 0 Å². The Hall–Kier alpha value is 0.290. The number of halogens is 1. The molecule has 0 amide bonds. The summed E-state index contributed by atoms with van der Waals surface area (Å²) in [5.74, 6) is 1.84. The van der Waals surface area contributed by atoms with Crippen molar-refractivity contribution in [1.29, 1.82) is 0 Å². The van der Waals surface area contributed by atoms with Crippen LogP contribution in [0.5, 0.6) is 0 Å². The predicted octanol–water partition coefficient (Wildman–Crippen LogP) is 2.41. The molecule has 0 aliphatic heterocycles. The second kappa shape index (κ2) is 0.972. The Balaban J connectivity index is 2.02. The van der Waals surface area contributed by atoms with E-state index in [1.54, 1.807) is 0 Å². The van der Waals surface area contributed by atoms with Crippen molar-refractivity contribution < 1.29 is 0 Å². The van der Waals surface area contributed by atoms with Gasteiger partial charge in [0.05, 0.1) is 4.87 Å². The molecule has 0 N–H and O–H groups in total. The van der Waals surface area contributed by atoms with Gasteiger partial charge in [-0.2, -0.15) is 0 Å². The van der Waals surface area contributed by atoms with Crippen LogP contribution in [-0.4, -0.2) is 4.87 Å². The van der Waals surface area contributed by atoms with Gasteiger partial charge in [-0.1, -0.05) is 13.3 Å². The second-order valence-corrected chi connectivity index (χ2v) is 4.71. The van der Waals surface area contributed by atoms with Gasteiger partial charge >= 0.3 is 0 Å². The van der Waals surface area contributed by atoms with E-state index in [0.29, 0.717) is 10.3 Å². The zero-order valence-corrected chi connectivity index (χ0v) is 6.41. The summed E-state index contributed by atoms with van der Waals surface area (Å²) in [5.41, 5.74) is 0.632. The fraction of sp³-hybridized carbons (Fsp3) is 1.00. The molecule has 2 unspecified atom stereocenters. The average Bonchev–Trinajstić information content (AvgIpc) is 2.54. The third kappa shape index (κ3) is 0.263. The first-order valence-corrected chi connectivity index (χ1v) is 4.29. The van der Waals surface area contributed by atoms with Gasteiger partial charge in [0.15, 0.2) is 0 Å². The molecule has 0 bridgehead atoms. The highest BCUT2D eigenvalue weighted by molar-refractivity contribution is 6.31. The van der Waals surface area contributed by atoms with Crippen molar-refractivity contribution in [2.45, 2.75) is 31.1 Å². The summed E-state index contributed by atoms with van der Waals surface area (Å²) in [5, 5.41) is 0. The van der Waals surface area contributed by atoms with Crippen LogP contribution in [-0.2, 0) is 0 Å². The van der Waals surface area contributed by atoms with Gasteiger partial charge < -0.3 is 0 Å². The summed E-state index contributed by atoms with van der Waals surface area (Å²) >= 11 is 6.32. The first kappa shape index (κ1) is 5.01. The van der Waals surface area contributed by atoms with E-state index in [9.17, 15) is 0 Å². The molecule has 3 fully saturated rings. The lowest BCUT2D eigenvalue weighted by molar-refractivity contribution is 0.290. The molecule has 50 valence electrons. The van der Waals surface area contributed by atoms with Crippen molar-refractivity contribution in [3.05, 3.63) is 0 Å². The monoisotopic (exact) mass is 142 g/mol. The lowest BCUT2D eigenvalue weighted by Gasteiger charge is -2.23. The summed E-state index contributed by atoms with van der Waals surface area (Å²) < 4.78 is 0. The van der Waals surface area contributed by atoms with Crippen molar-refractivity contribution in [1.82, 2.24) is 0 Å². The van der Waals surface area contributed by atoms with Gasteiger partial charge in [-0.3, -0.25) is 0 Å². The number of alkyl halides is 1. The Morgan fingerprint density at radius 3 is 2.00 bits per heavy atom. The van der Waals surface area contributed by atoms with E-state index in [1.165, 1.54) is 19.3 Å². The van der Waals surface area contributed by atoms with Gasteiger partial charge in [0.1, 0.15) is 0 Å². The molecule has 0 aromatic carbocycles. The molecule has 9 heavy (non-hydrogen) atoms. The largest absolute Gasteiger partial charge is 0.118 e. The van der Waals surface area contributed by atoms with E-state index in [0.717, 1.165) is 11.8 Å². The summed E-state index contributed by atoms with van der Waals surface area (Å²) in [6.45, 7) is 2.37. The van der Waals surface area contributed by atoms with Crippen molar-refractivity contribution in [3.8, 4) is 0 Å². The Labute approximate surface area is 60.6 Å². The van der Waals surface area contributed by atoms with Crippen molar-refractivity contribution in [2.75, 3.05) is 0 Å². The zero-order chi connectivity index (χ0) is 6.28. The average molecular weight is 143 g/mol. The SMILES string of the molecule is CC12C3CCCC1C32Cl. The highest BCUT2D eigenvalue weighted by atomic mass is 35.5. The molecule has 0 aromatic heterocycles. The fourth-order valence-electron chi connectivity index (χ4n) is 3.37. The molecule has 0 aromatic rings. The molecule has 0 spiro atoms. The van der Waals surface area contributed by atoms with E-state index in [1.807, 2.05) is 0 Å². The molecule has 3 rings (SSSR count). The van der Waals surface area contributed by atoms with E-state index < -0.39 is 0 Å². The molecule has 3 aliphatic carbocycles. The van der Waals surface area contributed by atoms with E-state index in [4.69, 9.17) is 11.6 Å². The zero-order valence-electron chi connectivity index (χ0n) is 5.65. The number of fused-ring (bicyclic) bond motifs is 2. The standard InChI is InChI=1S/C8H11Cl/c1-7-5-3-2-4-6(7)8(5,7)9/h5-6H,2-4H2,1H3. The van der Waals surface area contributed by atoms with Gasteiger partial charge in [0.25, 0.3) is 0 Å². The van der Waals surface area contributed by atoms with Crippen LogP contribution in [0.25, 0.3) is 0 Å².